The first-order valence-electron chi connectivity index (χ1n) is 9.38. The maximum absolute atomic E-state index is 13.8. The molecule has 32 heavy (non-hydrogen) atoms. The molecular formula is C21H16F3N5O3. The number of aryl methyl sites for hydroxylation is 1. The number of carbonyl (C=O) groups excluding carboxylic acids is 1. The summed E-state index contributed by atoms with van der Waals surface area (Å²) in [5.41, 5.74) is 0.586. The second kappa shape index (κ2) is 8.92. The summed E-state index contributed by atoms with van der Waals surface area (Å²) in [7, 11) is 0. The number of aromatic nitrogens is 4. The van der Waals surface area contributed by atoms with Gasteiger partial charge in [-0.25, -0.2) is 22.8 Å². The molecular weight excluding hydrogens is 427 g/mol. The van der Waals surface area contributed by atoms with Gasteiger partial charge in [0.05, 0.1) is 12.1 Å². The molecule has 0 bridgehead atoms. The molecule has 1 N–H and O–H groups in total. The molecule has 11 heteroatoms. The van der Waals surface area contributed by atoms with Crippen molar-refractivity contribution < 1.29 is 27.2 Å². The van der Waals surface area contributed by atoms with Gasteiger partial charge in [0.15, 0.2) is 17.3 Å². The molecule has 8 nitrogen and oxygen atoms in total. The molecule has 0 aliphatic heterocycles. The molecule has 2 aromatic carbocycles. The molecule has 1 amide bonds. The van der Waals surface area contributed by atoms with Crippen LogP contribution in [-0.4, -0.2) is 25.8 Å². The summed E-state index contributed by atoms with van der Waals surface area (Å²) >= 11 is 0. The first-order chi connectivity index (χ1) is 15.4. The number of nitrogens with one attached hydrogen (secondary N) is 1. The topological polar surface area (TPSA) is 95.1 Å². The Hall–Kier alpha value is -4.15. The number of rotatable bonds is 7. The number of hydrogen-bond donors (Lipinski definition) is 1. The number of amides is 1. The van der Waals surface area contributed by atoms with Crippen molar-refractivity contribution in [3.8, 4) is 5.75 Å². The van der Waals surface area contributed by atoms with Crippen molar-refractivity contribution in [2.75, 3.05) is 5.32 Å². The Balaban J connectivity index is 1.44. The molecule has 164 valence electrons. The molecule has 0 saturated carbocycles. The van der Waals surface area contributed by atoms with E-state index in [4.69, 9.17) is 9.26 Å². The van der Waals surface area contributed by atoms with E-state index in [1.807, 2.05) is 0 Å². The normalized spacial score (nSPS) is 10.9. The van der Waals surface area contributed by atoms with E-state index in [-0.39, 0.29) is 47.7 Å². The molecule has 4 rings (SSSR count). The van der Waals surface area contributed by atoms with Crippen LogP contribution in [-0.2, 0) is 13.2 Å². The van der Waals surface area contributed by atoms with E-state index in [9.17, 15) is 18.0 Å². The van der Waals surface area contributed by atoms with Crippen LogP contribution < -0.4 is 10.1 Å². The van der Waals surface area contributed by atoms with E-state index in [2.05, 4.69) is 20.6 Å². The van der Waals surface area contributed by atoms with Gasteiger partial charge >= 0.3 is 0 Å². The molecule has 0 spiro atoms. The molecule has 0 fully saturated rings. The van der Waals surface area contributed by atoms with Gasteiger partial charge in [-0.15, -0.1) is 5.10 Å². The highest BCUT2D eigenvalue weighted by Gasteiger charge is 2.22. The van der Waals surface area contributed by atoms with Crippen molar-refractivity contribution in [1.82, 2.24) is 19.9 Å². The van der Waals surface area contributed by atoms with E-state index < -0.39 is 17.5 Å². The van der Waals surface area contributed by atoms with Crippen molar-refractivity contribution >= 4 is 11.9 Å². The molecule has 0 saturated heterocycles. The number of carbonyl (C=O) groups is 1. The molecule has 2 aromatic heterocycles. The smallest absolute Gasteiger partial charge is 0.280 e. The fraction of sp³-hybridized carbons (Fsp3) is 0.143. The van der Waals surface area contributed by atoms with Crippen LogP contribution in [0.4, 0.5) is 19.1 Å². The Morgan fingerprint density at radius 2 is 1.97 bits per heavy atom. The second-order valence-electron chi connectivity index (χ2n) is 6.74. The van der Waals surface area contributed by atoms with Crippen LogP contribution in [0.2, 0.25) is 0 Å². The lowest BCUT2D eigenvalue weighted by Gasteiger charge is -2.07. The first-order valence-corrected chi connectivity index (χ1v) is 9.38. The van der Waals surface area contributed by atoms with Crippen LogP contribution in [0.25, 0.3) is 0 Å². The van der Waals surface area contributed by atoms with Gasteiger partial charge in [-0.1, -0.05) is 23.4 Å². The summed E-state index contributed by atoms with van der Waals surface area (Å²) in [6.07, 6.45) is 1.34. The summed E-state index contributed by atoms with van der Waals surface area (Å²) in [5, 5.41) is 10.3. The van der Waals surface area contributed by atoms with Crippen molar-refractivity contribution in [2.24, 2.45) is 0 Å². The predicted molar refractivity (Wildman–Crippen MR) is 105 cm³/mol. The highest BCUT2D eigenvalue weighted by atomic mass is 19.1. The first kappa shape index (κ1) is 21.1. The molecule has 0 aliphatic rings. The SMILES string of the molecule is Cc1onc(C(=O)Nc2ncn(Cc3ccccc3F)n2)c1COc1ccc(F)cc1F. The summed E-state index contributed by atoms with van der Waals surface area (Å²) in [5.74, 6) is -2.60. The maximum atomic E-state index is 13.8. The van der Waals surface area contributed by atoms with Crippen LogP contribution in [0.3, 0.4) is 0 Å². The summed E-state index contributed by atoms with van der Waals surface area (Å²) < 4.78 is 52.4. The minimum Gasteiger partial charge on any atom is -0.486 e. The third kappa shape index (κ3) is 4.61. The quantitative estimate of drug-likeness (QED) is 0.466. The van der Waals surface area contributed by atoms with Crippen molar-refractivity contribution in [1.29, 1.82) is 0 Å². The fourth-order valence-corrected chi connectivity index (χ4v) is 2.87. The van der Waals surface area contributed by atoms with Gasteiger partial charge in [0, 0.05) is 11.6 Å². The third-order valence-corrected chi connectivity index (χ3v) is 4.52. The third-order valence-electron chi connectivity index (χ3n) is 4.52. The zero-order valence-corrected chi connectivity index (χ0v) is 16.7. The Labute approximate surface area is 179 Å². The number of benzene rings is 2. The summed E-state index contributed by atoms with van der Waals surface area (Å²) in [6.45, 7) is 1.45. The lowest BCUT2D eigenvalue weighted by atomic mass is 10.2. The van der Waals surface area contributed by atoms with Gasteiger partial charge in [0.1, 0.15) is 30.3 Å². The number of anilines is 1. The molecule has 0 atom stereocenters. The van der Waals surface area contributed by atoms with Crippen molar-refractivity contribution in [3.05, 3.63) is 88.8 Å². The highest BCUT2D eigenvalue weighted by molar-refractivity contribution is 6.02. The average Bonchev–Trinajstić information content (AvgIpc) is 3.35. The van der Waals surface area contributed by atoms with Crippen molar-refractivity contribution in [2.45, 2.75) is 20.1 Å². The maximum Gasteiger partial charge on any atom is 0.280 e. The lowest BCUT2D eigenvalue weighted by Crippen LogP contribution is -2.16. The Bertz CT molecular complexity index is 1270. The predicted octanol–water partition coefficient (Wildman–Crippen LogP) is 3.87. The van der Waals surface area contributed by atoms with Crippen molar-refractivity contribution in [3.63, 3.8) is 0 Å². The highest BCUT2D eigenvalue weighted by Crippen LogP contribution is 2.22. The number of nitrogens with zero attached hydrogens (tertiary/aromatic N) is 4. The van der Waals surface area contributed by atoms with Gasteiger partial charge < -0.3 is 9.26 Å². The second-order valence-corrected chi connectivity index (χ2v) is 6.74. The molecule has 0 aliphatic carbocycles. The van der Waals surface area contributed by atoms with E-state index >= 15 is 0 Å². The summed E-state index contributed by atoms with van der Waals surface area (Å²) in [6, 6.07) is 9.11. The minimum atomic E-state index is -0.880. The van der Waals surface area contributed by atoms with Gasteiger partial charge in [-0.2, -0.15) is 0 Å². The molecule has 0 unspecified atom stereocenters. The average molecular weight is 443 g/mol. The van der Waals surface area contributed by atoms with Crippen LogP contribution in [0, 0.1) is 24.4 Å². The zero-order valence-electron chi connectivity index (χ0n) is 16.7. The minimum absolute atomic E-state index is 0.0246. The molecule has 0 radical (unpaired) electrons. The summed E-state index contributed by atoms with van der Waals surface area (Å²) in [4.78, 5) is 16.6. The lowest BCUT2D eigenvalue weighted by molar-refractivity contribution is 0.101. The fourth-order valence-electron chi connectivity index (χ4n) is 2.87. The van der Waals surface area contributed by atoms with E-state index in [0.717, 1.165) is 12.1 Å². The number of ether oxygens (including phenoxy) is 1. The molecule has 4 aromatic rings. The van der Waals surface area contributed by atoms with Gasteiger partial charge in [0.2, 0.25) is 5.95 Å². The van der Waals surface area contributed by atoms with Crippen LogP contribution in [0.1, 0.15) is 27.4 Å². The Kier molecular flexibility index (Phi) is 5.88. The largest absolute Gasteiger partial charge is 0.486 e. The van der Waals surface area contributed by atoms with Gasteiger partial charge in [-0.05, 0) is 25.1 Å². The van der Waals surface area contributed by atoms with Gasteiger partial charge in [-0.3, -0.25) is 10.1 Å². The van der Waals surface area contributed by atoms with Crippen LogP contribution in [0.15, 0.2) is 53.3 Å². The Morgan fingerprint density at radius 1 is 1.16 bits per heavy atom. The zero-order chi connectivity index (χ0) is 22.7. The number of hydrogen-bond acceptors (Lipinski definition) is 6. The van der Waals surface area contributed by atoms with E-state index in [0.29, 0.717) is 11.6 Å². The monoisotopic (exact) mass is 443 g/mol. The van der Waals surface area contributed by atoms with E-state index in [1.54, 1.807) is 25.1 Å². The molecule has 2 heterocycles. The Morgan fingerprint density at radius 3 is 2.75 bits per heavy atom. The van der Waals surface area contributed by atoms with Gasteiger partial charge in [0.25, 0.3) is 5.91 Å². The van der Waals surface area contributed by atoms with E-state index in [1.165, 1.54) is 17.1 Å². The van der Waals surface area contributed by atoms with Crippen LogP contribution >= 0.6 is 0 Å². The standard InChI is InChI=1S/C21H16F3N5O3/c1-12-15(10-31-18-7-6-14(22)8-17(18)24)19(28-32-12)20(30)26-21-25-11-29(27-21)9-13-4-2-3-5-16(13)23/h2-8,11H,9-10H2,1H3,(H,26,27,30). The van der Waals surface area contributed by atoms with Crippen LogP contribution in [0.5, 0.6) is 5.75 Å². The number of halogens is 3.